The van der Waals surface area contributed by atoms with Gasteiger partial charge in [-0.1, -0.05) is 6.07 Å². The number of sulfonamides is 1. The molecule has 2 heterocycles. The molecule has 1 aromatic carbocycles. The molecule has 0 saturated carbocycles. The van der Waals surface area contributed by atoms with Gasteiger partial charge in [-0.15, -0.1) is 0 Å². The summed E-state index contributed by atoms with van der Waals surface area (Å²) in [6.45, 7) is 2.68. The summed E-state index contributed by atoms with van der Waals surface area (Å²) in [5.41, 5.74) is 1.92. The molecule has 1 fully saturated rings. The molecule has 0 aromatic heterocycles. The number of hydrogen-bond donors (Lipinski definition) is 2. The van der Waals surface area contributed by atoms with Gasteiger partial charge in [0, 0.05) is 32.9 Å². The van der Waals surface area contributed by atoms with Crippen molar-refractivity contribution in [2.24, 2.45) is 0 Å². The van der Waals surface area contributed by atoms with Crippen LogP contribution in [0.2, 0.25) is 0 Å². The van der Waals surface area contributed by atoms with Crippen molar-refractivity contribution in [3.8, 4) is 0 Å². The van der Waals surface area contributed by atoms with Crippen molar-refractivity contribution in [3.05, 3.63) is 23.8 Å². The summed E-state index contributed by atoms with van der Waals surface area (Å²) in [6, 6.07) is 5.40. The first-order valence-electron chi connectivity index (χ1n) is 8.03. The highest BCUT2D eigenvalue weighted by molar-refractivity contribution is 7.89. The summed E-state index contributed by atoms with van der Waals surface area (Å²) in [6.07, 6.45) is 2.92. The molecule has 6 nitrogen and oxygen atoms in total. The van der Waals surface area contributed by atoms with Crippen LogP contribution in [-0.2, 0) is 21.2 Å². The smallest absolute Gasteiger partial charge is 0.240 e. The molecule has 0 bridgehead atoms. The van der Waals surface area contributed by atoms with Gasteiger partial charge in [-0.2, -0.15) is 0 Å². The molecular weight excluding hydrogens is 314 g/mol. The normalized spacial score (nSPS) is 24.2. The fraction of sp³-hybridized carbons (Fsp3) is 0.625. The van der Waals surface area contributed by atoms with Gasteiger partial charge in [-0.05, 0) is 43.5 Å². The van der Waals surface area contributed by atoms with Crippen molar-refractivity contribution < 1.29 is 13.2 Å². The monoisotopic (exact) mass is 339 g/mol. The molecule has 0 aliphatic carbocycles. The number of fused-ring (bicyclic) bond motifs is 1. The zero-order valence-corrected chi connectivity index (χ0v) is 14.6. The Balaban J connectivity index is 1.76. The molecule has 1 atom stereocenters. The Morgan fingerprint density at radius 3 is 2.96 bits per heavy atom. The molecule has 3 rings (SSSR count). The molecule has 0 amide bonds. The van der Waals surface area contributed by atoms with Crippen molar-refractivity contribution in [1.29, 1.82) is 0 Å². The SMILES string of the molecule is COCC1(CNS(=O)(=O)c2ccc3c(c2)N(C)CC3)CCCN1. The van der Waals surface area contributed by atoms with Crippen LogP contribution in [0.1, 0.15) is 18.4 Å². The van der Waals surface area contributed by atoms with Gasteiger partial charge in [0.15, 0.2) is 0 Å². The second-order valence-corrected chi connectivity index (χ2v) is 8.30. The topological polar surface area (TPSA) is 70.7 Å². The predicted octanol–water partition coefficient (Wildman–Crippen LogP) is 0.726. The van der Waals surface area contributed by atoms with Crippen LogP contribution in [0.4, 0.5) is 5.69 Å². The average Bonchev–Trinajstić information content (AvgIpc) is 3.14. The molecule has 2 aliphatic heterocycles. The van der Waals surface area contributed by atoms with Crippen LogP contribution in [0.25, 0.3) is 0 Å². The van der Waals surface area contributed by atoms with Gasteiger partial charge in [0.25, 0.3) is 0 Å². The van der Waals surface area contributed by atoms with Gasteiger partial charge >= 0.3 is 0 Å². The van der Waals surface area contributed by atoms with Crippen LogP contribution in [0.15, 0.2) is 23.1 Å². The largest absolute Gasteiger partial charge is 0.383 e. The summed E-state index contributed by atoms with van der Waals surface area (Å²) in [7, 11) is 0.116. The molecule has 2 N–H and O–H groups in total. The van der Waals surface area contributed by atoms with Gasteiger partial charge in [0.2, 0.25) is 10.0 Å². The van der Waals surface area contributed by atoms with Gasteiger partial charge in [-0.3, -0.25) is 0 Å². The van der Waals surface area contributed by atoms with E-state index in [-0.39, 0.29) is 5.54 Å². The number of anilines is 1. The van der Waals surface area contributed by atoms with E-state index in [0.29, 0.717) is 18.0 Å². The average molecular weight is 339 g/mol. The van der Waals surface area contributed by atoms with E-state index in [4.69, 9.17) is 4.74 Å². The number of nitrogens with one attached hydrogen (secondary N) is 2. The first-order valence-corrected chi connectivity index (χ1v) is 9.52. The summed E-state index contributed by atoms with van der Waals surface area (Å²) in [5.74, 6) is 0. The highest BCUT2D eigenvalue weighted by Crippen LogP contribution is 2.29. The Kier molecular flexibility index (Phi) is 4.64. The van der Waals surface area contributed by atoms with Crippen LogP contribution >= 0.6 is 0 Å². The third-order valence-corrected chi connectivity index (χ3v) is 6.25. The number of methoxy groups -OCH3 is 1. The summed E-state index contributed by atoms with van der Waals surface area (Å²) in [5, 5.41) is 3.38. The molecule has 7 heteroatoms. The van der Waals surface area contributed by atoms with Crippen LogP contribution in [0.3, 0.4) is 0 Å². The maximum atomic E-state index is 12.6. The molecule has 23 heavy (non-hydrogen) atoms. The number of hydrogen-bond acceptors (Lipinski definition) is 5. The van der Waals surface area contributed by atoms with Crippen LogP contribution in [0, 0.1) is 0 Å². The minimum atomic E-state index is -3.52. The lowest BCUT2D eigenvalue weighted by atomic mass is 9.99. The van der Waals surface area contributed by atoms with Crippen molar-refractivity contribution in [1.82, 2.24) is 10.0 Å². The molecule has 2 aliphatic rings. The Hall–Kier alpha value is -1.15. The highest BCUT2D eigenvalue weighted by atomic mass is 32.2. The summed E-state index contributed by atoms with van der Waals surface area (Å²) >= 11 is 0. The number of nitrogens with zero attached hydrogens (tertiary/aromatic N) is 1. The van der Waals surface area contributed by atoms with Crippen molar-refractivity contribution >= 4 is 15.7 Å². The van der Waals surface area contributed by atoms with Crippen molar-refractivity contribution in [3.63, 3.8) is 0 Å². The first-order chi connectivity index (χ1) is 11.0. The zero-order valence-electron chi connectivity index (χ0n) is 13.8. The lowest BCUT2D eigenvalue weighted by molar-refractivity contribution is 0.122. The first kappa shape index (κ1) is 16.7. The Morgan fingerprint density at radius 1 is 1.43 bits per heavy atom. The minimum Gasteiger partial charge on any atom is -0.383 e. The number of benzene rings is 1. The highest BCUT2D eigenvalue weighted by Gasteiger charge is 2.35. The summed E-state index contributed by atoms with van der Waals surface area (Å²) in [4.78, 5) is 2.43. The second kappa shape index (κ2) is 6.39. The molecular formula is C16H25N3O3S. The molecule has 1 unspecified atom stereocenters. The van der Waals surface area contributed by atoms with Crippen molar-refractivity contribution in [2.75, 3.05) is 45.3 Å². The predicted molar refractivity (Wildman–Crippen MR) is 90.4 cm³/mol. The third-order valence-electron chi connectivity index (χ3n) is 4.85. The van der Waals surface area contributed by atoms with E-state index in [9.17, 15) is 8.42 Å². The van der Waals surface area contributed by atoms with Gasteiger partial charge in [0.1, 0.15) is 0 Å². The van der Waals surface area contributed by atoms with E-state index in [1.165, 1.54) is 5.56 Å². The number of ether oxygens (including phenoxy) is 1. The van der Waals surface area contributed by atoms with E-state index >= 15 is 0 Å². The zero-order chi connectivity index (χ0) is 16.5. The van der Waals surface area contributed by atoms with E-state index in [1.807, 2.05) is 13.1 Å². The second-order valence-electron chi connectivity index (χ2n) is 6.53. The number of likely N-dealkylation sites (N-methyl/N-ethyl adjacent to an activating group) is 1. The van der Waals surface area contributed by atoms with Gasteiger partial charge < -0.3 is 15.0 Å². The number of rotatable bonds is 6. The Morgan fingerprint density at radius 2 is 2.26 bits per heavy atom. The molecule has 0 spiro atoms. The van der Waals surface area contributed by atoms with E-state index < -0.39 is 10.0 Å². The van der Waals surface area contributed by atoms with Crippen molar-refractivity contribution in [2.45, 2.75) is 29.7 Å². The third kappa shape index (κ3) is 3.38. The van der Waals surface area contributed by atoms with E-state index in [2.05, 4.69) is 14.9 Å². The maximum Gasteiger partial charge on any atom is 0.240 e. The lowest BCUT2D eigenvalue weighted by Gasteiger charge is -2.28. The Labute approximate surface area is 138 Å². The van der Waals surface area contributed by atoms with Gasteiger partial charge in [0.05, 0.1) is 17.0 Å². The Bertz CT molecular complexity index is 669. The van der Waals surface area contributed by atoms with E-state index in [0.717, 1.165) is 38.0 Å². The quantitative estimate of drug-likeness (QED) is 0.799. The molecule has 0 radical (unpaired) electrons. The van der Waals surface area contributed by atoms with Crippen LogP contribution in [-0.4, -0.2) is 54.4 Å². The van der Waals surface area contributed by atoms with Crippen LogP contribution in [0.5, 0.6) is 0 Å². The van der Waals surface area contributed by atoms with Crippen LogP contribution < -0.4 is 14.9 Å². The summed E-state index contributed by atoms with van der Waals surface area (Å²) < 4.78 is 33.3. The van der Waals surface area contributed by atoms with E-state index in [1.54, 1.807) is 19.2 Å². The fourth-order valence-electron chi connectivity index (χ4n) is 3.47. The minimum absolute atomic E-state index is 0.296. The maximum absolute atomic E-state index is 12.6. The lowest BCUT2D eigenvalue weighted by Crippen LogP contribution is -2.52. The van der Waals surface area contributed by atoms with Gasteiger partial charge in [-0.25, -0.2) is 13.1 Å². The fourth-order valence-corrected chi connectivity index (χ4v) is 4.62. The molecule has 1 saturated heterocycles. The molecule has 128 valence electrons. The molecule has 1 aromatic rings. The standard InChI is InChI=1S/C16H25N3O3S/c1-19-9-6-13-4-5-14(10-15(13)19)23(20,21)18-11-16(12-22-2)7-3-8-17-16/h4-5,10,17-18H,3,6-9,11-12H2,1-2H3.